The first kappa shape index (κ1) is 14.8. The Hall–Kier alpha value is -1.65. The van der Waals surface area contributed by atoms with Gasteiger partial charge >= 0.3 is 5.97 Å². The molecule has 1 heterocycles. The van der Waals surface area contributed by atoms with E-state index in [0.717, 1.165) is 30.8 Å². The molecule has 0 atom stereocenters. The van der Waals surface area contributed by atoms with Gasteiger partial charge in [-0.15, -0.1) is 11.3 Å². The van der Waals surface area contributed by atoms with Crippen LogP contribution in [0.4, 0.5) is 0 Å². The zero-order valence-corrected chi connectivity index (χ0v) is 12.4. The molecule has 0 radical (unpaired) electrons. The van der Waals surface area contributed by atoms with Crippen molar-refractivity contribution in [3.05, 3.63) is 57.8 Å². The zero-order chi connectivity index (χ0) is 14.4. The van der Waals surface area contributed by atoms with Gasteiger partial charge in [0.05, 0.1) is 6.42 Å². The minimum Gasteiger partial charge on any atom is -0.481 e. The quantitative estimate of drug-likeness (QED) is 0.849. The van der Waals surface area contributed by atoms with E-state index in [1.54, 1.807) is 11.3 Å². The Morgan fingerprint density at radius 2 is 1.90 bits per heavy atom. The van der Waals surface area contributed by atoms with Crippen LogP contribution in [-0.2, 0) is 24.3 Å². The summed E-state index contributed by atoms with van der Waals surface area (Å²) in [4.78, 5) is 14.6. The molecular formula is C16H19NO2S. The molecule has 0 bridgehead atoms. The molecule has 0 fully saturated rings. The molecule has 0 saturated carbocycles. The molecular weight excluding hydrogens is 270 g/mol. The topological polar surface area (TPSA) is 40.5 Å². The van der Waals surface area contributed by atoms with Gasteiger partial charge in [0.15, 0.2) is 0 Å². The van der Waals surface area contributed by atoms with Gasteiger partial charge in [-0.3, -0.25) is 9.69 Å². The maximum atomic E-state index is 10.9. The maximum absolute atomic E-state index is 10.9. The highest BCUT2D eigenvalue weighted by Gasteiger charge is 2.10. The zero-order valence-electron chi connectivity index (χ0n) is 11.6. The monoisotopic (exact) mass is 289 g/mol. The Labute approximate surface area is 123 Å². The summed E-state index contributed by atoms with van der Waals surface area (Å²) in [5, 5.41) is 11.1. The molecule has 0 aliphatic rings. The molecule has 1 aromatic carbocycles. The molecule has 0 aliphatic carbocycles. The van der Waals surface area contributed by atoms with Gasteiger partial charge in [0.1, 0.15) is 0 Å². The minimum absolute atomic E-state index is 0.0900. The van der Waals surface area contributed by atoms with Crippen molar-refractivity contribution in [1.82, 2.24) is 4.90 Å². The third kappa shape index (κ3) is 4.18. The van der Waals surface area contributed by atoms with Gasteiger partial charge in [-0.1, -0.05) is 37.3 Å². The summed E-state index contributed by atoms with van der Waals surface area (Å²) >= 11 is 1.76. The summed E-state index contributed by atoms with van der Waals surface area (Å²) in [6.07, 6.45) is 0.0900. The molecule has 4 heteroatoms. The van der Waals surface area contributed by atoms with E-state index < -0.39 is 5.97 Å². The van der Waals surface area contributed by atoms with E-state index in [9.17, 15) is 4.79 Å². The molecule has 1 aromatic heterocycles. The summed E-state index contributed by atoms with van der Waals surface area (Å²) in [5.41, 5.74) is 2.01. The van der Waals surface area contributed by atoms with Crippen LogP contribution in [0.15, 0.2) is 41.8 Å². The Morgan fingerprint density at radius 1 is 1.15 bits per heavy atom. The summed E-state index contributed by atoms with van der Waals surface area (Å²) in [6.45, 7) is 4.78. The van der Waals surface area contributed by atoms with Gasteiger partial charge in [0, 0.05) is 18.0 Å². The van der Waals surface area contributed by atoms with Crippen LogP contribution < -0.4 is 0 Å². The van der Waals surface area contributed by atoms with Gasteiger partial charge in [-0.25, -0.2) is 0 Å². The number of carboxylic acids is 1. The van der Waals surface area contributed by atoms with Crippen molar-refractivity contribution in [1.29, 1.82) is 0 Å². The number of nitrogens with zero attached hydrogens (tertiary/aromatic N) is 1. The van der Waals surface area contributed by atoms with Crippen molar-refractivity contribution < 1.29 is 9.90 Å². The van der Waals surface area contributed by atoms with Crippen molar-refractivity contribution in [2.24, 2.45) is 0 Å². The average molecular weight is 289 g/mol. The molecule has 0 saturated heterocycles. The van der Waals surface area contributed by atoms with Crippen LogP contribution in [0.1, 0.15) is 22.9 Å². The molecule has 0 aliphatic heterocycles. The standard InChI is InChI=1S/C16H19NO2S/c1-2-17(12-15-8-5-9-20-15)11-14-7-4-3-6-13(14)10-16(18)19/h3-9H,2,10-12H2,1H3,(H,18,19). The molecule has 0 amide bonds. The molecule has 20 heavy (non-hydrogen) atoms. The predicted molar refractivity (Wildman–Crippen MR) is 81.9 cm³/mol. The number of carboxylic acid groups (broad SMARTS) is 1. The highest BCUT2D eigenvalue weighted by atomic mass is 32.1. The number of aliphatic carboxylic acids is 1. The first-order valence-electron chi connectivity index (χ1n) is 6.72. The third-order valence-electron chi connectivity index (χ3n) is 3.26. The van der Waals surface area contributed by atoms with Crippen LogP contribution in [0, 0.1) is 0 Å². The number of benzene rings is 1. The summed E-state index contributed by atoms with van der Waals surface area (Å²) in [5.74, 6) is -0.779. The molecule has 0 spiro atoms. The van der Waals surface area contributed by atoms with Crippen LogP contribution in [-0.4, -0.2) is 22.5 Å². The smallest absolute Gasteiger partial charge is 0.307 e. The van der Waals surface area contributed by atoms with E-state index in [0.29, 0.717) is 0 Å². The highest BCUT2D eigenvalue weighted by Crippen LogP contribution is 2.17. The van der Waals surface area contributed by atoms with E-state index in [4.69, 9.17) is 5.11 Å². The van der Waals surface area contributed by atoms with E-state index >= 15 is 0 Å². The molecule has 1 N–H and O–H groups in total. The predicted octanol–water partition coefficient (Wildman–Crippen LogP) is 3.40. The lowest BCUT2D eigenvalue weighted by Crippen LogP contribution is -2.22. The normalized spacial score (nSPS) is 10.9. The van der Waals surface area contributed by atoms with Crippen LogP contribution in [0.25, 0.3) is 0 Å². The van der Waals surface area contributed by atoms with Gasteiger partial charge < -0.3 is 5.11 Å². The van der Waals surface area contributed by atoms with E-state index in [-0.39, 0.29) is 6.42 Å². The molecule has 2 rings (SSSR count). The maximum Gasteiger partial charge on any atom is 0.307 e. The first-order valence-corrected chi connectivity index (χ1v) is 7.60. The van der Waals surface area contributed by atoms with Crippen LogP contribution in [0.2, 0.25) is 0 Å². The molecule has 106 valence electrons. The van der Waals surface area contributed by atoms with Crippen molar-refractivity contribution in [3.8, 4) is 0 Å². The lowest BCUT2D eigenvalue weighted by Gasteiger charge is -2.21. The number of carbonyl (C=O) groups is 1. The second-order valence-electron chi connectivity index (χ2n) is 4.72. The van der Waals surface area contributed by atoms with E-state index in [1.165, 1.54) is 4.88 Å². The van der Waals surface area contributed by atoms with Crippen molar-refractivity contribution in [2.75, 3.05) is 6.54 Å². The highest BCUT2D eigenvalue weighted by molar-refractivity contribution is 7.09. The Kier molecular flexibility index (Phi) is 5.32. The van der Waals surface area contributed by atoms with Crippen LogP contribution in [0.3, 0.4) is 0 Å². The average Bonchev–Trinajstić information content (AvgIpc) is 2.92. The number of rotatable bonds is 7. The summed E-state index contributed by atoms with van der Waals surface area (Å²) in [7, 11) is 0. The second kappa shape index (κ2) is 7.22. The largest absolute Gasteiger partial charge is 0.481 e. The fourth-order valence-corrected chi connectivity index (χ4v) is 2.94. The summed E-state index contributed by atoms with van der Waals surface area (Å²) < 4.78 is 0. The van der Waals surface area contributed by atoms with Gasteiger partial charge in [-0.2, -0.15) is 0 Å². The Morgan fingerprint density at radius 3 is 2.50 bits per heavy atom. The van der Waals surface area contributed by atoms with E-state index in [2.05, 4.69) is 29.3 Å². The fourth-order valence-electron chi connectivity index (χ4n) is 2.19. The SMILES string of the molecule is CCN(Cc1cccs1)Cc1ccccc1CC(=O)O. The van der Waals surface area contributed by atoms with E-state index in [1.807, 2.05) is 24.3 Å². The molecule has 0 unspecified atom stereocenters. The molecule has 2 aromatic rings. The van der Waals surface area contributed by atoms with Crippen LogP contribution >= 0.6 is 11.3 Å². The lowest BCUT2D eigenvalue weighted by molar-refractivity contribution is -0.136. The van der Waals surface area contributed by atoms with Crippen molar-refractivity contribution >= 4 is 17.3 Å². The van der Waals surface area contributed by atoms with Crippen molar-refractivity contribution in [3.63, 3.8) is 0 Å². The number of hydrogen-bond acceptors (Lipinski definition) is 3. The first-order chi connectivity index (χ1) is 9.69. The Bertz CT molecular complexity index is 551. The van der Waals surface area contributed by atoms with Crippen LogP contribution in [0.5, 0.6) is 0 Å². The van der Waals surface area contributed by atoms with Gasteiger partial charge in [-0.05, 0) is 29.1 Å². The number of thiophene rings is 1. The minimum atomic E-state index is -0.779. The van der Waals surface area contributed by atoms with Gasteiger partial charge in [0.25, 0.3) is 0 Å². The Balaban J connectivity index is 2.08. The molecule has 3 nitrogen and oxygen atoms in total. The summed E-state index contributed by atoms with van der Waals surface area (Å²) in [6, 6.07) is 12.0. The fraction of sp³-hybridized carbons (Fsp3) is 0.312. The number of hydrogen-bond donors (Lipinski definition) is 1. The lowest BCUT2D eigenvalue weighted by atomic mass is 10.0. The second-order valence-corrected chi connectivity index (χ2v) is 5.75. The van der Waals surface area contributed by atoms with Crippen molar-refractivity contribution in [2.45, 2.75) is 26.4 Å². The van der Waals surface area contributed by atoms with Gasteiger partial charge in [0.2, 0.25) is 0 Å². The third-order valence-corrected chi connectivity index (χ3v) is 4.12.